The molecule has 0 aromatic heterocycles. The van der Waals surface area contributed by atoms with Crippen molar-refractivity contribution in [2.75, 3.05) is 26.7 Å². The molecule has 25 heavy (non-hydrogen) atoms. The average Bonchev–Trinajstić information content (AvgIpc) is 3.18. The van der Waals surface area contributed by atoms with Crippen molar-refractivity contribution in [3.63, 3.8) is 0 Å². The van der Waals surface area contributed by atoms with Crippen LogP contribution in [0.4, 0.5) is 0 Å². The number of hydrogen-bond donors (Lipinski definition) is 1. The summed E-state index contributed by atoms with van der Waals surface area (Å²) in [4.78, 5) is 28.9. The highest BCUT2D eigenvalue weighted by Gasteiger charge is 2.40. The second-order valence-electron chi connectivity index (χ2n) is 7.20. The van der Waals surface area contributed by atoms with Crippen molar-refractivity contribution in [2.24, 2.45) is 17.6 Å². The first-order chi connectivity index (χ1) is 12.0. The number of hydrogen-bond acceptors (Lipinski definition) is 4. The normalized spacial score (nSPS) is 26.4. The maximum Gasteiger partial charge on any atom is 0.228 e. The van der Waals surface area contributed by atoms with Gasteiger partial charge in [0.1, 0.15) is 5.75 Å². The lowest BCUT2D eigenvalue weighted by Gasteiger charge is -2.25. The summed E-state index contributed by atoms with van der Waals surface area (Å²) in [5.41, 5.74) is 6.79. The summed E-state index contributed by atoms with van der Waals surface area (Å²) in [5, 5.41) is 0. The van der Waals surface area contributed by atoms with E-state index >= 15 is 0 Å². The van der Waals surface area contributed by atoms with Gasteiger partial charge >= 0.3 is 0 Å². The number of methoxy groups -OCH3 is 1. The van der Waals surface area contributed by atoms with Crippen LogP contribution in [0.5, 0.6) is 5.75 Å². The number of ether oxygens (including phenoxy) is 1. The highest BCUT2D eigenvalue weighted by atomic mass is 16.5. The molecule has 2 fully saturated rings. The van der Waals surface area contributed by atoms with Crippen molar-refractivity contribution in [2.45, 2.75) is 32.4 Å². The predicted octanol–water partition coefficient (Wildman–Crippen LogP) is 1.24. The standard InChI is InChI=1S/C19H27N3O3/c1-13-7-15(9-20)11-22(13)19(24)16-8-18(23)21(12-16)10-14-3-5-17(25-2)6-4-14/h3-6,13,15-16H,7-12,20H2,1-2H3. The zero-order valence-electron chi connectivity index (χ0n) is 15.0. The van der Waals surface area contributed by atoms with E-state index in [1.807, 2.05) is 29.2 Å². The number of benzene rings is 1. The van der Waals surface area contributed by atoms with Crippen molar-refractivity contribution in [1.82, 2.24) is 9.80 Å². The van der Waals surface area contributed by atoms with Gasteiger partial charge in [-0.15, -0.1) is 0 Å². The first-order valence-electron chi connectivity index (χ1n) is 8.93. The summed E-state index contributed by atoms with van der Waals surface area (Å²) >= 11 is 0. The topological polar surface area (TPSA) is 75.9 Å². The monoisotopic (exact) mass is 345 g/mol. The Hall–Kier alpha value is -2.08. The average molecular weight is 345 g/mol. The third-order valence-corrected chi connectivity index (χ3v) is 5.37. The Morgan fingerprint density at radius 3 is 2.60 bits per heavy atom. The van der Waals surface area contributed by atoms with Gasteiger partial charge in [0.05, 0.1) is 13.0 Å². The van der Waals surface area contributed by atoms with Crippen molar-refractivity contribution in [1.29, 1.82) is 0 Å². The summed E-state index contributed by atoms with van der Waals surface area (Å²) in [7, 11) is 1.63. The molecule has 2 aliphatic rings. The summed E-state index contributed by atoms with van der Waals surface area (Å²) in [6.07, 6.45) is 1.27. The number of nitrogens with two attached hydrogens (primary N) is 1. The fourth-order valence-electron chi connectivity index (χ4n) is 3.90. The van der Waals surface area contributed by atoms with Gasteiger partial charge in [-0.3, -0.25) is 9.59 Å². The van der Waals surface area contributed by atoms with E-state index in [0.717, 1.165) is 24.3 Å². The van der Waals surface area contributed by atoms with Gasteiger partial charge in [0.25, 0.3) is 0 Å². The molecule has 2 N–H and O–H groups in total. The largest absolute Gasteiger partial charge is 0.497 e. The maximum absolute atomic E-state index is 12.8. The second kappa shape index (κ2) is 7.44. The summed E-state index contributed by atoms with van der Waals surface area (Å²) < 4.78 is 5.15. The van der Waals surface area contributed by atoms with E-state index in [1.54, 1.807) is 12.0 Å². The second-order valence-corrected chi connectivity index (χ2v) is 7.20. The van der Waals surface area contributed by atoms with Gasteiger partial charge in [0.15, 0.2) is 0 Å². The number of carbonyl (C=O) groups excluding carboxylic acids is 2. The minimum absolute atomic E-state index is 0.0522. The highest BCUT2D eigenvalue weighted by molar-refractivity contribution is 5.89. The predicted molar refractivity (Wildman–Crippen MR) is 94.9 cm³/mol. The van der Waals surface area contributed by atoms with E-state index in [2.05, 4.69) is 6.92 Å². The first kappa shape index (κ1) is 17.7. The summed E-state index contributed by atoms with van der Waals surface area (Å²) in [6.45, 7) is 4.44. The van der Waals surface area contributed by atoms with Crippen LogP contribution in [0.1, 0.15) is 25.3 Å². The first-order valence-corrected chi connectivity index (χ1v) is 8.93. The Labute approximate surface area is 148 Å². The molecular formula is C19H27N3O3. The summed E-state index contributed by atoms with van der Waals surface area (Å²) in [5.74, 6) is 1.10. The molecular weight excluding hydrogens is 318 g/mol. The van der Waals surface area contributed by atoms with Crippen molar-refractivity contribution in [3.05, 3.63) is 29.8 Å². The van der Waals surface area contributed by atoms with Crippen LogP contribution in [-0.4, -0.2) is 54.4 Å². The molecule has 6 heteroatoms. The minimum atomic E-state index is -0.232. The molecule has 1 aromatic rings. The maximum atomic E-state index is 12.8. The van der Waals surface area contributed by atoms with Gasteiger partial charge in [-0.25, -0.2) is 0 Å². The molecule has 0 aliphatic carbocycles. The quantitative estimate of drug-likeness (QED) is 0.871. The zero-order valence-corrected chi connectivity index (χ0v) is 15.0. The van der Waals surface area contributed by atoms with Crippen LogP contribution in [-0.2, 0) is 16.1 Å². The molecule has 6 nitrogen and oxygen atoms in total. The molecule has 0 saturated carbocycles. The molecule has 2 amide bonds. The SMILES string of the molecule is COc1ccc(CN2CC(C(=O)N3CC(CN)CC3C)CC2=O)cc1. The van der Waals surface area contributed by atoms with Crippen LogP contribution in [0.15, 0.2) is 24.3 Å². The minimum Gasteiger partial charge on any atom is -0.497 e. The van der Waals surface area contributed by atoms with E-state index in [4.69, 9.17) is 10.5 Å². The van der Waals surface area contributed by atoms with Gasteiger partial charge < -0.3 is 20.3 Å². The molecule has 0 spiro atoms. The van der Waals surface area contributed by atoms with Gasteiger partial charge in [-0.05, 0) is 43.5 Å². The molecule has 1 aromatic carbocycles. The van der Waals surface area contributed by atoms with E-state index in [9.17, 15) is 9.59 Å². The molecule has 2 heterocycles. The van der Waals surface area contributed by atoms with Crippen LogP contribution in [0.2, 0.25) is 0 Å². The van der Waals surface area contributed by atoms with E-state index in [1.165, 1.54) is 0 Å². The fourth-order valence-corrected chi connectivity index (χ4v) is 3.90. The van der Waals surface area contributed by atoms with Crippen molar-refractivity contribution >= 4 is 11.8 Å². The Morgan fingerprint density at radius 2 is 2.00 bits per heavy atom. The third-order valence-electron chi connectivity index (χ3n) is 5.37. The number of nitrogens with zero attached hydrogens (tertiary/aromatic N) is 2. The molecule has 0 bridgehead atoms. The van der Waals surface area contributed by atoms with Crippen molar-refractivity contribution < 1.29 is 14.3 Å². The Kier molecular flexibility index (Phi) is 5.27. The lowest BCUT2D eigenvalue weighted by atomic mass is 10.1. The van der Waals surface area contributed by atoms with E-state index < -0.39 is 0 Å². The molecule has 136 valence electrons. The van der Waals surface area contributed by atoms with Gasteiger partial charge in [0, 0.05) is 32.1 Å². The van der Waals surface area contributed by atoms with Gasteiger partial charge in [0.2, 0.25) is 11.8 Å². The smallest absolute Gasteiger partial charge is 0.228 e. The van der Waals surface area contributed by atoms with Crippen LogP contribution < -0.4 is 10.5 Å². The number of rotatable bonds is 5. The lowest BCUT2D eigenvalue weighted by molar-refractivity contribution is -0.136. The molecule has 2 saturated heterocycles. The Morgan fingerprint density at radius 1 is 1.28 bits per heavy atom. The van der Waals surface area contributed by atoms with Crippen LogP contribution in [0.3, 0.4) is 0 Å². The molecule has 3 atom stereocenters. The van der Waals surface area contributed by atoms with Crippen LogP contribution in [0, 0.1) is 11.8 Å². The number of likely N-dealkylation sites (tertiary alicyclic amines) is 2. The zero-order chi connectivity index (χ0) is 18.0. The van der Waals surface area contributed by atoms with Crippen LogP contribution in [0.25, 0.3) is 0 Å². The highest BCUT2D eigenvalue weighted by Crippen LogP contribution is 2.28. The molecule has 3 unspecified atom stereocenters. The Balaban J connectivity index is 1.60. The van der Waals surface area contributed by atoms with Gasteiger partial charge in [-0.1, -0.05) is 12.1 Å². The number of carbonyl (C=O) groups is 2. The molecule has 0 radical (unpaired) electrons. The number of amides is 2. The molecule has 2 aliphatic heterocycles. The van der Waals surface area contributed by atoms with Crippen molar-refractivity contribution in [3.8, 4) is 5.75 Å². The van der Waals surface area contributed by atoms with Crippen LogP contribution >= 0.6 is 0 Å². The van der Waals surface area contributed by atoms with E-state index in [-0.39, 0.29) is 23.8 Å². The fraction of sp³-hybridized carbons (Fsp3) is 0.579. The Bertz CT molecular complexity index is 631. The summed E-state index contributed by atoms with van der Waals surface area (Å²) in [6, 6.07) is 7.90. The molecule has 3 rings (SSSR count). The lowest BCUT2D eigenvalue weighted by Crippen LogP contribution is -2.39. The van der Waals surface area contributed by atoms with Gasteiger partial charge in [-0.2, -0.15) is 0 Å². The van der Waals surface area contributed by atoms with E-state index in [0.29, 0.717) is 32.0 Å². The third kappa shape index (κ3) is 3.79.